The average Bonchev–Trinajstić information content (AvgIpc) is 3.15. The maximum Gasteiger partial charge on any atom is 0.233 e. The molecule has 2 aromatic rings. The summed E-state index contributed by atoms with van der Waals surface area (Å²) in [5.74, 6) is 2.29. The summed E-state index contributed by atoms with van der Waals surface area (Å²) in [7, 11) is 3.19. The number of morpholine rings is 1. The van der Waals surface area contributed by atoms with Crippen LogP contribution in [0.3, 0.4) is 0 Å². The minimum Gasteiger partial charge on any atom is -0.497 e. The maximum absolute atomic E-state index is 12.2. The highest BCUT2D eigenvalue weighted by Gasteiger charge is 2.18. The molecule has 0 atom stereocenters. The summed E-state index contributed by atoms with van der Waals surface area (Å²) < 4.78 is 15.8. The Kier molecular flexibility index (Phi) is 5.77. The van der Waals surface area contributed by atoms with E-state index in [1.165, 1.54) is 11.8 Å². The number of carbonyl (C=O) groups excluding carboxylic acids is 1. The Morgan fingerprint density at radius 3 is 2.84 bits per heavy atom. The predicted octanol–water partition coefficient (Wildman–Crippen LogP) is 1.44. The summed E-state index contributed by atoms with van der Waals surface area (Å²) >= 11 is 1.31. The first kappa shape index (κ1) is 17.6. The highest BCUT2D eigenvalue weighted by molar-refractivity contribution is 7.99. The lowest BCUT2D eigenvalue weighted by atomic mass is 10.2. The molecule has 0 spiro atoms. The van der Waals surface area contributed by atoms with Gasteiger partial charge in [-0.15, -0.1) is 5.10 Å². The number of hydrogen-bond acceptors (Lipinski definition) is 7. The van der Waals surface area contributed by atoms with Crippen molar-refractivity contribution in [2.75, 3.05) is 46.3 Å². The van der Waals surface area contributed by atoms with Crippen molar-refractivity contribution < 1.29 is 19.0 Å². The number of rotatable bonds is 6. The second-order valence-corrected chi connectivity index (χ2v) is 6.26. The number of H-pyrrole nitrogens is 1. The second kappa shape index (κ2) is 8.21. The SMILES string of the molecule is COc1ccc(-c2nc(SCC(=O)N3CCOCC3)n[nH]2)c(OC)c1. The van der Waals surface area contributed by atoms with E-state index < -0.39 is 0 Å². The molecular formula is C16H20N4O4S. The fraction of sp³-hybridized carbons (Fsp3) is 0.438. The number of aromatic nitrogens is 3. The number of benzene rings is 1. The van der Waals surface area contributed by atoms with Gasteiger partial charge in [0, 0.05) is 19.2 Å². The fourth-order valence-corrected chi connectivity index (χ4v) is 3.16. The molecule has 0 bridgehead atoms. The number of nitrogens with zero attached hydrogens (tertiary/aromatic N) is 3. The zero-order valence-electron chi connectivity index (χ0n) is 14.2. The molecule has 1 saturated heterocycles. The average molecular weight is 364 g/mol. The van der Waals surface area contributed by atoms with Gasteiger partial charge in [-0.2, -0.15) is 0 Å². The van der Waals surface area contributed by atoms with Gasteiger partial charge in [-0.3, -0.25) is 9.89 Å². The van der Waals surface area contributed by atoms with Crippen LogP contribution >= 0.6 is 11.8 Å². The molecule has 25 heavy (non-hydrogen) atoms. The van der Waals surface area contributed by atoms with Crippen molar-refractivity contribution >= 4 is 17.7 Å². The maximum atomic E-state index is 12.2. The molecule has 9 heteroatoms. The molecule has 3 rings (SSSR count). The van der Waals surface area contributed by atoms with Crippen LogP contribution in [0.5, 0.6) is 11.5 Å². The van der Waals surface area contributed by atoms with E-state index in [1.54, 1.807) is 25.2 Å². The van der Waals surface area contributed by atoms with Gasteiger partial charge in [0.15, 0.2) is 5.82 Å². The number of hydrogen-bond donors (Lipinski definition) is 1. The first-order valence-electron chi connectivity index (χ1n) is 7.84. The molecule has 1 fully saturated rings. The number of amides is 1. The zero-order valence-corrected chi connectivity index (χ0v) is 15.0. The Balaban J connectivity index is 1.65. The molecule has 134 valence electrons. The third-order valence-electron chi connectivity index (χ3n) is 3.82. The van der Waals surface area contributed by atoms with Crippen molar-refractivity contribution in [2.45, 2.75) is 5.16 Å². The highest BCUT2D eigenvalue weighted by atomic mass is 32.2. The number of thioether (sulfide) groups is 1. The fourth-order valence-electron chi connectivity index (χ4n) is 2.46. The Hall–Kier alpha value is -2.26. The van der Waals surface area contributed by atoms with Gasteiger partial charge >= 0.3 is 0 Å². The predicted molar refractivity (Wildman–Crippen MR) is 93.0 cm³/mol. The molecule has 0 saturated carbocycles. The lowest BCUT2D eigenvalue weighted by Crippen LogP contribution is -2.41. The molecule has 1 aliphatic rings. The summed E-state index contributed by atoms with van der Waals surface area (Å²) in [4.78, 5) is 18.4. The largest absolute Gasteiger partial charge is 0.497 e. The third kappa shape index (κ3) is 4.23. The normalized spacial score (nSPS) is 14.4. The van der Waals surface area contributed by atoms with Crippen molar-refractivity contribution in [3.05, 3.63) is 18.2 Å². The zero-order chi connectivity index (χ0) is 17.6. The number of ether oxygens (including phenoxy) is 3. The molecule has 1 aromatic carbocycles. The summed E-state index contributed by atoms with van der Waals surface area (Å²) in [5, 5.41) is 7.58. The van der Waals surface area contributed by atoms with Gasteiger partial charge in [-0.25, -0.2) is 4.98 Å². The topological polar surface area (TPSA) is 89.6 Å². The van der Waals surface area contributed by atoms with Crippen LogP contribution in [0.25, 0.3) is 11.4 Å². The summed E-state index contributed by atoms with van der Waals surface area (Å²) in [6.07, 6.45) is 0. The van der Waals surface area contributed by atoms with Gasteiger partial charge in [0.2, 0.25) is 11.1 Å². The van der Waals surface area contributed by atoms with Crippen LogP contribution in [0, 0.1) is 0 Å². The summed E-state index contributed by atoms with van der Waals surface area (Å²) in [5.41, 5.74) is 0.780. The Bertz CT molecular complexity index is 731. The molecule has 1 aromatic heterocycles. The minimum atomic E-state index is 0.0710. The van der Waals surface area contributed by atoms with Crippen LogP contribution in [0.2, 0.25) is 0 Å². The van der Waals surface area contributed by atoms with E-state index in [9.17, 15) is 4.79 Å². The molecule has 8 nitrogen and oxygen atoms in total. The van der Waals surface area contributed by atoms with E-state index in [4.69, 9.17) is 14.2 Å². The molecule has 1 N–H and O–H groups in total. The Morgan fingerprint density at radius 2 is 2.12 bits per heavy atom. The first-order chi connectivity index (χ1) is 12.2. The van der Waals surface area contributed by atoms with Crippen LogP contribution in [-0.4, -0.2) is 72.3 Å². The van der Waals surface area contributed by atoms with E-state index in [2.05, 4.69) is 15.2 Å². The second-order valence-electron chi connectivity index (χ2n) is 5.31. The molecule has 1 amide bonds. The summed E-state index contributed by atoms with van der Waals surface area (Å²) in [6.45, 7) is 2.47. The van der Waals surface area contributed by atoms with Gasteiger partial charge in [0.1, 0.15) is 11.5 Å². The Labute approximate surface area is 149 Å². The van der Waals surface area contributed by atoms with E-state index in [0.29, 0.717) is 54.5 Å². The number of nitrogens with one attached hydrogen (secondary N) is 1. The van der Waals surface area contributed by atoms with Crippen molar-refractivity contribution in [3.8, 4) is 22.9 Å². The number of carbonyl (C=O) groups is 1. The van der Waals surface area contributed by atoms with Gasteiger partial charge in [0.05, 0.1) is 38.7 Å². The van der Waals surface area contributed by atoms with Crippen LogP contribution < -0.4 is 9.47 Å². The standard InChI is InChI=1S/C16H20N4O4S/c1-22-11-3-4-12(13(9-11)23-2)15-17-16(19-18-15)25-10-14(21)20-5-7-24-8-6-20/h3-4,9H,5-8,10H2,1-2H3,(H,17,18,19). The van der Waals surface area contributed by atoms with Crippen molar-refractivity contribution in [1.29, 1.82) is 0 Å². The van der Waals surface area contributed by atoms with Crippen LogP contribution in [0.15, 0.2) is 23.4 Å². The van der Waals surface area contributed by atoms with Crippen molar-refractivity contribution in [3.63, 3.8) is 0 Å². The molecule has 0 unspecified atom stereocenters. The monoisotopic (exact) mass is 364 g/mol. The lowest BCUT2D eigenvalue weighted by Gasteiger charge is -2.26. The quantitative estimate of drug-likeness (QED) is 0.776. The molecule has 1 aliphatic heterocycles. The third-order valence-corrected chi connectivity index (χ3v) is 4.65. The van der Waals surface area contributed by atoms with Gasteiger partial charge < -0.3 is 19.1 Å². The molecule has 0 aliphatic carbocycles. The van der Waals surface area contributed by atoms with Gasteiger partial charge in [0.25, 0.3) is 0 Å². The first-order valence-corrected chi connectivity index (χ1v) is 8.83. The van der Waals surface area contributed by atoms with E-state index in [-0.39, 0.29) is 5.91 Å². The molecule has 2 heterocycles. The van der Waals surface area contributed by atoms with Crippen LogP contribution in [0.4, 0.5) is 0 Å². The molecular weight excluding hydrogens is 344 g/mol. The van der Waals surface area contributed by atoms with Gasteiger partial charge in [-0.05, 0) is 12.1 Å². The van der Waals surface area contributed by atoms with E-state index >= 15 is 0 Å². The van der Waals surface area contributed by atoms with Crippen molar-refractivity contribution in [1.82, 2.24) is 20.1 Å². The number of methoxy groups -OCH3 is 2. The van der Waals surface area contributed by atoms with Gasteiger partial charge in [-0.1, -0.05) is 11.8 Å². The Morgan fingerprint density at radius 1 is 1.32 bits per heavy atom. The minimum absolute atomic E-state index is 0.0710. The summed E-state index contributed by atoms with van der Waals surface area (Å²) in [6, 6.07) is 5.47. The van der Waals surface area contributed by atoms with E-state index in [1.807, 2.05) is 12.1 Å². The highest BCUT2D eigenvalue weighted by Crippen LogP contribution is 2.32. The smallest absolute Gasteiger partial charge is 0.233 e. The van der Waals surface area contributed by atoms with Crippen LogP contribution in [-0.2, 0) is 9.53 Å². The number of aromatic amines is 1. The lowest BCUT2D eigenvalue weighted by molar-refractivity contribution is -0.132. The molecule has 0 radical (unpaired) electrons. The van der Waals surface area contributed by atoms with E-state index in [0.717, 1.165) is 5.56 Å². The van der Waals surface area contributed by atoms with Crippen LogP contribution in [0.1, 0.15) is 0 Å². The van der Waals surface area contributed by atoms with Crippen molar-refractivity contribution in [2.24, 2.45) is 0 Å².